The number of benzene rings is 1. The zero-order valence-corrected chi connectivity index (χ0v) is 18.1. The monoisotopic (exact) mass is 417 g/mol. The van der Waals surface area contributed by atoms with E-state index in [0.29, 0.717) is 12.6 Å². The highest BCUT2D eigenvalue weighted by atomic mass is 16.3. The van der Waals surface area contributed by atoms with Gasteiger partial charge in [0.1, 0.15) is 11.5 Å². The van der Waals surface area contributed by atoms with Gasteiger partial charge in [0.2, 0.25) is 5.95 Å². The first-order valence-electron chi connectivity index (χ1n) is 11.9. The van der Waals surface area contributed by atoms with Crippen LogP contribution in [0.25, 0.3) is 11.0 Å². The molecule has 162 valence electrons. The minimum atomic E-state index is -0.303. The number of piperidine rings is 1. The number of aromatic nitrogens is 3. The number of nitrogens with zero attached hydrogens (tertiary/aromatic N) is 4. The van der Waals surface area contributed by atoms with Gasteiger partial charge in [-0.25, -0.2) is 0 Å². The fourth-order valence-corrected chi connectivity index (χ4v) is 5.66. The Morgan fingerprint density at radius 2 is 1.81 bits per heavy atom. The van der Waals surface area contributed by atoms with Crippen LogP contribution < -0.4 is 10.2 Å². The maximum atomic E-state index is 10.2. The van der Waals surface area contributed by atoms with Crippen molar-refractivity contribution in [2.75, 3.05) is 23.3 Å². The van der Waals surface area contributed by atoms with Crippen molar-refractivity contribution in [3.05, 3.63) is 41.6 Å². The van der Waals surface area contributed by atoms with Gasteiger partial charge in [0.15, 0.2) is 0 Å². The van der Waals surface area contributed by atoms with Crippen LogP contribution in [0.5, 0.6) is 0 Å². The Labute approximate surface area is 183 Å². The summed E-state index contributed by atoms with van der Waals surface area (Å²) < 4.78 is 2.36. The number of fused-ring (bicyclic) bond motifs is 2. The Morgan fingerprint density at radius 1 is 0.935 bits per heavy atom. The first-order chi connectivity index (χ1) is 15.2. The van der Waals surface area contributed by atoms with E-state index in [1.54, 1.807) is 0 Å². The quantitative estimate of drug-likeness (QED) is 0.642. The van der Waals surface area contributed by atoms with Gasteiger partial charge in [-0.15, -0.1) is 0 Å². The van der Waals surface area contributed by atoms with E-state index in [-0.39, 0.29) is 6.10 Å². The van der Waals surface area contributed by atoms with Crippen LogP contribution in [-0.4, -0.2) is 38.8 Å². The van der Waals surface area contributed by atoms with E-state index in [1.807, 2.05) is 0 Å². The van der Waals surface area contributed by atoms with E-state index in [9.17, 15) is 5.11 Å². The molecule has 2 aromatic heterocycles. The summed E-state index contributed by atoms with van der Waals surface area (Å²) in [4.78, 5) is 12.1. The lowest BCUT2D eigenvalue weighted by molar-refractivity contribution is 0.153. The summed E-state index contributed by atoms with van der Waals surface area (Å²) in [6, 6.07) is 9.41. The number of aliphatic hydroxyl groups is 1. The molecule has 2 aliphatic carbocycles. The molecule has 31 heavy (non-hydrogen) atoms. The topological polar surface area (TPSA) is 66.2 Å². The second-order valence-electron chi connectivity index (χ2n) is 9.47. The highest BCUT2D eigenvalue weighted by molar-refractivity contribution is 5.90. The summed E-state index contributed by atoms with van der Waals surface area (Å²) >= 11 is 0. The third kappa shape index (κ3) is 3.57. The number of rotatable bonds is 4. The van der Waals surface area contributed by atoms with Gasteiger partial charge in [0.05, 0.1) is 11.5 Å². The van der Waals surface area contributed by atoms with Crippen LogP contribution in [0.4, 0.5) is 17.5 Å². The summed E-state index contributed by atoms with van der Waals surface area (Å²) in [7, 11) is 0. The van der Waals surface area contributed by atoms with E-state index in [4.69, 9.17) is 9.97 Å². The summed E-state index contributed by atoms with van der Waals surface area (Å²) in [5.41, 5.74) is 5.05. The van der Waals surface area contributed by atoms with E-state index in [1.165, 1.54) is 56.1 Å². The normalized spacial score (nSPS) is 21.7. The molecular weight excluding hydrogens is 386 g/mol. The van der Waals surface area contributed by atoms with Gasteiger partial charge in [-0.3, -0.25) is 0 Å². The highest BCUT2D eigenvalue weighted by Gasteiger charge is 2.25. The summed E-state index contributed by atoms with van der Waals surface area (Å²) in [5, 5.41) is 14.9. The van der Waals surface area contributed by atoms with Crippen molar-refractivity contribution < 1.29 is 5.11 Å². The Kier molecular flexibility index (Phi) is 4.82. The van der Waals surface area contributed by atoms with Crippen molar-refractivity contribution in [3.63, 3.8) is 0 Å². The van der Waals surface area contributed by atoms with Crippen LogP contribution >= 0.6 is 0 Å². The van der Waals surface area contributed by atoms with Gasteiger partial charge in [-0.2, -0.15) is 9.97 Å². The van der Waals surface area contributed by atoms with Gasteiger partial charge in [-0.05, 0) is 74.3 Å². The van der Waals surface area contributed by atoms with E-state index in [2.05, 4.69) is 45.2 Å². The molecule has 3 aliphatic rings. The molecule has 3 heterocycles. The van der Waals surface area contributed by atoms with Crippen molar-refractivity contribution >= 4 is 28.5 Å². The lowest BCUT2D eigenvalue weighted by Crippen LogP contribution is -2.39. The number of hydrogen-bond donors (Lipinski definition) is 2. The molecule has 1 aromatic carbocycles. The predicted octanol–water partition coefficient (Wildman–Crippen LogP) is 4.74. The van der Waals surface area contributed by atoms with Crippen LogP contribution in [0.1, 0.15) is 62.1 Å². The molecule has 3 aromatic rings. The fourth-order valence-electron chi connectivity index (χ4n) is 5.66. The zero-order valence-electron chi connectivity index (χ0n) is 18.1. The minimum absolute atomic E-state index is 0.303. The van der Waals surface area contributed by atoms with Crippen LogP contribution in [0, 0.1) is 0 Å². The van der Waals surface area contributed by atoms with Gasteiger partial charge in [0.25, 0.3) is 0 Å². The average molecular weight is 418 g/mol. The lowest BCUT2D eigenvalue weighted by Gasteiger charge is -2.30. The van der Waals surface area contributed by atoms with Crippen molar-refractivity contribution in [3.8, 4) is 0 Å². The Hall–Kier alpha value is -2.60. The number of aliphatic hydroxyl groups excluding tert-OH is 1. The third-order valence-electron chi connectivity index (χ3n) is 7.32. The van der Waals surface area contributed by atoms with Gasteiger partial charge >= 0.3 is 0 Å². The summed E-state index contributed by atoms with van der Waals surface area (Å²) in [6.07, 6.45) is 12.4. The smallest absolute Gasteiger partial charge is 0.229 e. The SMILES string of the molecule is OC1CCCN(c2nc(Nc3ccc4c(c3)CCC4)c3ccn(C4CCCC4)c3n2)C1. The molecule has 2 N–H and O–H groups in total. The standard InChI is InChI=1S/C25H31N5O/c31-21-9-4-13-29(16-21)25-27-23(26-19-11-10-17-5-3-6-18(17)15-19)22-12-14-30(24(22)28-25)20-7-1-2-8-20/h10-12,14-15,20-21,31H,1-9,13,16H2,(H,26,27,28). The molecule has 2 fully saturated rings. The summed E-state index contributed by atoms with van der Waals surface area (Å²) in [6.45, 7) is 1.50. The van der Waals surface area contributed by atoms with E-state index < -0.39 is 0 Å². The van der Waals surface area contributed by atoms with Crippen molar-refractivity contribution in [1.82, 2.24) is 14.5 Å². The fraction of sp³-hybridized carbons (Fsp3) is 0.520. The molecule has 1 aliphatic heterocycles. The van der Waals surface area contributed by atoms with Crippen molar-refractivity contribution in [2.45, 2.75) is 69.9 Å². The van der Waals surface area contributed by atoms with Crippen molar-refractivity contribution in [1.29, 1.82) is 0 Å². The molecule has 1 unspecified atom stereocenters. The molecule has 6 nitrogen and oxygen atoms in total. The molecule has 0 bridgehead atoms. The number of anilines is 3. The second-order valence-corrected chi connectivity index (χ2v) is 9.47. The molecule has 1 saturated heterocycles. The minimum Gasteiger partial charge on any atom is -0.391 e. The first kappa shape index (κ1) is 19.1. The lowest BCUT2D eigenvalue weighted by atomic mass is 10.1. The first-order valence-corrected chi connectivity index (χ1v) is 11.9. The molecule has 0 spiro atoms. The largest absolute Gasteiger partial charge is 0.391 e. The molecule has 0 radical (unpaired) electrons. The molecular formula is C25H31N5O. The Morgan fingerprint density at radius 3 is 2.68 bits per heavy atom. The van der Waals surface area contributed by atoms with Gasteiger partial charge in [0, 0.05) is 31.0 Å². The van der Waals surface area contributed by atoms with Gasteiger partial charge in [-0.1, -0.05) is 18.9 Å². The second kappa shape index (κ2) is 7.83. The van der Waals surface area contributed by atoms with Crippen molar-refractivity contribution in [2.24, 2.45) is 0 Å². The molecule has 1 atom stereocenters. The average Bonchev–Trinajstić information content (AvgIpc) is 3.53. The highest BCUT2D eigenvalue weighted by Crippen LogP contribution is 2.36. The maximum Gasteiger partial charge on any atom is 0.229 e. The predicted molar refractivity (Wildman–Crippen MR) is 124 cm³/mol. The van der Waals surface area contributed by atoms with E-state index >= 15 is 0 Å². The maximum absolute atomic E-state index is 10.2. The number of aryl methyl sites for hydroxylation is 2. The molecule has 6 heteroatoms. The van der Waals surface area contributed by atoms with Gasteiger partial charge < -0.3 is 19.9 Å². The Balaban J connectivity index is 1.42. The molecule has 1 saturated carbocycles. The summed E-state index contributed by atoms with van der Waals surface area (Å²) in [5.74, 6) is 1.60. The van der Waals surface area contributed by atoms with Crippen LogP contribution in [0.3, 0.4) is 0 Å². The van der Waals surface area contributed by atoms with Crippen LogP contribution in [0.15, 0.2) is 30.5 Å². The van der Waals surface area contributed by atoms with Crippen LogP contribution in [-0.2, 0) is 12.8 Å². The zero-order chi connectivity index (χ0) is 20.8. The number of β-amino-alcohol motifs (C(OH)–C–C–N with tert-alkyl or cyclic N) is 1. The Bertz CT molecular complexity index is 1100. The van der Waals surface area contributed by atoms with Crippen LogP contribution in [0.2, 0.25) is 0 Å². The van der Waals surface area contributed by atoms with E-state index in [0.717, 1.165) is 47.9 Å². The molecule has 6 rings (SSSR count). The number of nitrogens with one attached hydrogen (secondary N) is 1. The number of hydrogen-bond acceptors (Lipinski definition) is 5. The molecule has 0 amide bonds. The third-order valence-corrected chi connectivity index (χ3v) is 7.32.